The van der Waals surface area contributed by atoms with Crippen molar-refractivity contribution in [3.63, 3.8) is 0 Å². The van der Waals surface area contributed by atoms with Crippen molar-refractivity contribution in [2.75, 3.05) is 20.8 Å². The van der Waals surface area contributed by atoms with Crippen molar-refractivity contribution < 1.29 is 18.7 Å². The van der Waals surface area contributed by atoms with Gasteiger partial charge >= 0.3 is 0 Å². The van der Waals surface area contributed by atoms with E-state index < -0.39 is 0 Å². The summed E-state index contributed by atoms with van der Waals surface area (Å²) in [6, 6.07) is 9.96. The normalized spacial score (nSPS) is 10.3. The predicted molar refractivity (Wildman–Crippen MR) is 91.1 cm³/mol. The molecule has 0 spiro atoms. The molecular weight excluding hydrogens is 309 g/mol. The fourth-order valence-corrected chi connectivity index (χ4v) is 2.48. The Morgan fingerprint density at radius 2 is 1.75 bits per heavy atom. The van der Waals surface area contributed by atoms with E-state index in [1.165, 1.54) is 12.1 Å². The highest BCUT2D eigenvalue weighted by molar-refractivity contribution is 5.79. The van der Waals surface area contributed by atoms with Crippen LogP contribution in [0.1, 0.15) is 16.7 Å². The first kappa shape index (κ1) is 17.8. The highest BCUT2D eigenvalue weighted by Gasteiger charge is 2.12. The highest BCUT2D eigenvalue weighted by atomic mass is 19.1. The minimum absolute atomic E-state index is 0.0960. The van der Waals surface area contributed by atoms with Gasteiger partial charge in [0.2, 0.25) is 5.91 Å². The van der Waals surface area contributed by atoms with Crippen molar-refractivity contribution in [1.82, 2.24) is 5.32 Å². The van der Waals surface area contributed by atoms with E-state index in [-0.39, 0.29) is 18.1 Å². The zero-order chi connectivity index (χ0) is 17.5. The molecule has 0 fully saturated rings. The third kappa shape index (κ3) is 4.72. The Balaban J connectivity index is 1.93. The van der Waals surface area contributed by atoms with Crippen LogP contribution in [0.4, 0.5) is 4.39 Å². The van der Waals surface area contributed by atoms with Crippen molar-refractivity contribution in [1.29, 1.82) is 0 Å². The summed E-state index contributed by atoms with van der Waals surface area (Å²) in [4.78, 5) is 12.1. The summed E-state index contributed by atoms with van der Waals surface area (Å²) in [7, 11) is 3.18. The minimum atomic E-state index is -0.261. The average Bonchev–Trinajstić information content (AvgIpc) is 2.57. The van der Waals surface area contributed by atoms with Gasteiger partial charge in [0, 0.05) is 12.1 Å². The Morgan fingerprint density at radius 3 is 2.38 bits per heavy atom. The maximum absolute atomic E-state index is 12.8. The molecule has 4 nitrogen and oxygen atoms in total. The van der Waals surface area contributed by atoms with Crippen LogP contribution in [0, 0.1) is 12.7 Å². The number of rotatable bonds is 7. The lowest BCUT2D eigenvalue weighted by atomic mass is 10.1. The monoisotopic (exact) mass is 331 g/mol. The molecule has 5 heteroatoms. The zero-order valence-corrected chi connectivity index (χ0v) is 14.2. The topological polar surface area (TPSA) is 47.6 Å². The number of nitrogens with one attached hydrogen (secondary N) is 1. The Labute approximate surface area is 141 Å². The molecule has 0 saturated carbocycles. The molecule has 0 aliphatic rings. The van der Waals surface area contributed by atoms with Crippen LogP contribution in [-0.2, 0) is 17.6 Å². The van der Waals surface area contributed by atoms with Gasteiger partial charge in [-0.3, -0.25) is 4.79 Å². The van der Waals surface area contributed by atoms with E-state index in [1.807, 2.05) is 19.1 Å². The number of halogens is 1. The molecule has 2 rings (SSSR count). The SMILES string of the molecule is COc1cc(CC(=O)NCCc2ccc(F)cc2)c(OC)cc1C. The van der Waals surface area contributed by atoms with Gasteiger partial charge in [0.25, 0.3) is 0 Å². The number of methoxy groups -OCH3 is 2. The van der Waals surface area contributed by atoms with Gasteiger partial charge in [-0.25, -0.2) is 4.39 Å². The maximum atomic E-state index is 12.8. The molecule has 0 aliphatic carbocycles. The molecule has 1 N–H and O–H groups in total. The molecule has 0 bridgehead atoms. The number of ether oxygens (including phenoxy) is 2. The van der Waals surface area contributed by atoms with E-state index in [1.54, 1.807) is 26.4 Å². The minimum Gasteiger partial charge on any atom is -0.496 e. The molecule has 0 saturated heterocycles. The summed E-state index contributed by atoms with van der Waals surface area (Å²) in [5.41, 5.74) is 2.71. The van der Waals surface area contributed by atoms with Crippen LogP contribution in [0.5, 0.6) is 11.5 Å². The molecule has 24 heavy (non-hydrogen) atoms. The molecule has 0 heterocycles. The van der Waals surface area contributed by atoms with Gasteiger partial charge in [0.05, 0.1) is 20.6 Å². The predicted octanol–water partition coefficient (Wildman–Crippen LogP) is 3.05. The quantitative estimate of drug-likeness (QED) is 0.848. The van der Waals surface area contributed by atoms with Crippen LogP contribution in [0.2, 0.25) is 0 Å². The van der Waals surface area contributed by atoms with Crippen LogP contribution in [0.3, 0.4) is 0 Å². The second-order valence-electron chi connectivity index (χ2n) is 5.54. The van der Waals surface area contributed by atoms with Crippen molar-refractivity contribution >= 4 is 5.91 Å². The molecule has 0 aliphatic heterocycles. The van der Waals surface area contributed by atoms with Crippen molar-refractivity contribution in [2.24, 2.45) is 0 Å². The summed E-state index contributed by atoms with van der Waals surface area (Å²) in [6.45, 7) is 2.42. The Bertz CT molecular complexity index is 699. The average molecular weight is 331 g/mol. The van der Waals surface area contributed by atoms with Crippen molar-refractivity contribution in [3.8, 4) is 11.5 Å². The standard InChI is InChI=1S/C19H22FNO3/c1-13-10-18(24-3)15(11-17(13)23-2)12-19(22)21-9-8-14-4-6-16(20)7-5-14/h4-7,10-11H,8-9,12H2,1-3H3,(H,21,22). The highest BCUT2D eigenvalue weighted by Crippen LogP contribution is 2.28. The van der Waals surface area contributed by atoms with Gasteiger partial charge in [0.1, 0.15) is 17.3 Å². The molecule has 0 atom stereocenters. The van der Waals surface area contributed by atoms with Gasteiger partial charge in [-0.15, -0.1) is 0 Å². The number of carbonyl (C=O) groups is 1. The van der Waals surface area contributed by atoms with Gasteiger partial charge in [-0.05, 0) is 48.7 Å². The van der Waals surface area contributed by atoms with E-state index in [0.717, 1.165) is 22.4 Å². The van der Waals surface area contributed by atoms with Crippen LogP contribution < -0.4 is 14.8 Å². The van der Waals surface area contributed by atoms with Crippen LogP contribution >= 0.6 is 0 Å². The van der Waals surface area contributed by atoms with E-state index in [0.29, 0.717) is 18.7 Å². The third-order valence-electron chi connectivity index (χ3n) is 3.80. The summed E-state index contributed by atoms with van der Waals surface area (Å²) < 4.78 is 23.5. The second kappa shape index (κ2) is 8.34. The number of hydrogen-bond donors (Lipinski definition) is 1. The fraction of sp³-hybridized carbons (Fsp3) is 0.316. The molecule has 1 amide bonds. The summed E-state index contributed by atoms with van der Waals surface area (Å²) in [5, 5.41) is 2.87. The fourth-order valence-electron chi connectivity index (χ4n) is 2.48. The lowest BCUT2D eigenvalue weighted by molar-refractivity contribution is -0.120. The molecular formula is C19H22FNO3. The maximum Gasteiger partial charge on any atom is 0.224 e. The van der Waals surface area contributed by atoms with Gasteiger partial charge < -0.3 is 14.8 Å². The summed E-state index contributed by atoms with van der Waals surface area (Å²) in [6.07, 6.45) is 0.865. The number of carbonyl (C=O) groups excluding carboxylic acids is 1. The lowest BCUT2D eigenvalue weighted by Crippen LogP contribution is -2.27. The number of hydrogen-bond acceptors (Lipinski definition) is 3. The summed E-state index contributed by atoms with van der Waals surface area (Å²) >= 11 is 0. The Morgan fingerprint density at radius 1 is 1.08 bits per heavy atom. The smallest absolute Gasteiger partial charge is 0.224 e. The molecule has 2 aromatic carbocycles. The van der Waals surface area contributed by atoms with Gasteiger partial charge in [-0.2, -0.15) is 0 Å². The van der Waals surface area contributed by atoms with E-state index >= 15 is 0 Å². The Hall–Kier alpha value is -2.56. The molecule has 128 valence electrons. The van der Waals surface area contributed by atoms with Gasteiger partial charge in [-0.1, -0.05) is 12.1 Å². The number of amides is 1. The third-order valence-corrected chi connectivity index (χ3v) is 3.80. The van der Waals surface area contributed by atoms with Gasteiger partial charge in [0.15, 0.2) is 0 Å². The van der Waals surface area contributed by atoms with E-state index in [2.05, 4.69) is 5.32 Å². The molecule has 2 aromatic rings. The first-order chi connectivity index (χ1) is 11.5. The number of benzene rings is 2. The van der Waals surface area contributed by atoms with E-state index in [4.69, 9.17) is 9.47 Å². The lowest BCUT2D eigenvalue weighted by Gasteiger charge is -2.13. The second-order valence-corrected chi connectivity index (χ2v) is 5.54. The molecule has 0 aromatic heterocycles. The molecule has 0 radical (unpaired) electrons. The van der Waals surface area contributed by atoms with E-state index in [9.17, 15) is 9.18 Å². The first-order valence-electron chi connectivity index (χ1n) is 7.76. The van der Waals surface area contributed by atoms with Crippen LogP contribution in [0.15, 0.2) is 36.4 Å². The largest absolute Gasteiger partial charge is 0.496 e. The number of aryl methyl sites for hydroxylation is 1. The van der Waals surface area contributed by atoms with Crippen molar-refractivity contribution in [2.45, 2.75) is 19.8 Å². The van der Waals surface area contributed by atoms with Crippen LogP contribution in [0.25, 0.3) is 0 Å². The summed E-state index contributed by atoms with van der Waals surface area (Å²) in [5.74, 6) is 1.04. The van der Waals surface area contributed by atoms with Crippen molar-refractivity contribution in [3.05, 3.63) is 58.9 Å². The van der Waals surface area contributed by atoms with Crippen LogP contribution in [-0.4, -0.2) is 26.7 Å². The first-order valence-corrected chi connectivity index (χ1v) is 7.76. The zero-order valence-electron chi connectivity index (χ0n) is 14.2. The Kier molecular flexibility index (Phi) is 6.18. The molecule has 0 unspecified atom stereocenters.